The van der Waals surface area contributed by atoms with Gasteiger partial charge in [-0.3, -0.25) is 4.79 Å². The highest BCUT2D eigenvalue weighted by atomic mass is 35.5. The Morgan fingerprint density at radius 3 is 2.70 bits per heavy atom. The van der Waals surface area contributed by atoms with Crippen LogP contribution in [-0.4, -0.2) is 26.1 Å². The van der Waals surface area contributed by atoms with Crippen LogP contribution >= 0.6 is 23.2 Å². The lowest BCUT2D eigenvalue weighted by Gasteiger charge is -2.08. The number of benzene rings is 2. The zero-order valence-corrected chi connectivity index (χ0v) is 13.5. The zero-order valence-electron chi connectivity index (χ0n) is 12.0. The summed E-state index contributed by atoms with van der Waals surface area (Å²) in [5.41, 5.74) is 1.70. The number of aromatic nitrogens is 4. The summed E-state index contributed by atoms with van der Waals surface area (Å²) in [5, 5.41) is 14.9. The molecule has 0 fully saturated rings. The van der Waals surface area contributed by atoms with Gasteiger partial charge in [0.2, 0.25) is 0 Å². The number of hydrogen-bond acceptors (Lipinski definition) is 4. The van der Waals surface area contributed by atoms with E-state index in [2.05, 4.69) is 20.8 Å². The molecule has 1 amide bonds. The smallest absolute Gasteiger partial charge is 0.255 e. The van der Waals surface area contributed by atoms with Crippen LogP contribution in [0.25, 0.3) is 11.4 Å². The number of carbonyl (C=O) groups excluding carboxylic acids is 1. The predicted molar refractivity (Wildman–Crippen MR) is 88.6 cm³/mol. The molecule has 0 radical (unpaired) electrons. The molecule has 0 bridgehead atoms. The Labute approximate surface area is 142 Å². The van der Waals surface area contributed by atoms with Crippen molar-refractivity contribution in [1.29, 1.82) is 0 Å². The molecule has 0 aliphatic heterocycles. The van der Waals surface area contributed by atoms with Gasteiger partial charge in [-0.1, -0.05) is 35.3 Å². The number of nitrogens with one attached hydrogen (secondary N) is 1. The van der Waals surface area contributed by atoms with E-state index in [-0.39, 0.29) is 5.91 Å². The van der Waals surface area contributed by atoms with Crippen LogP contribution in [0.2, 0.25) is 10.0 Å². The molecule has 1 N–H and O–H groups in total. The van der Waals surface area contributed by atoms with Gasteiger partial charge in [0.1, 0.15) is 0 Å². The summed E-state index contributed by atoms with van der Waals surface area (Å²) in [6.45, 7) is 0. The van der Waals surface area contributed by atoms with Crippen LogP contribution in [0.1, 0.15) is 10.4 Å². The quantitative estimate of drug-likeness (QED) is 0.787. The summed E-state index contributed by atoms with van der Waals surface area (Å²) in [6.07, 6.45) is 0. The number of hydrogen-bond donors (Lipinski definition) is 1. The van der Waals surface area contributed by atoms with Gasteiger partial charge in [-0.2, -0.15) is 0 Å². The second-order valence-electron chi connectivity index (χ2n) is 4.79. The largest absolute Gasteiger partial charge is 0.321 e. The summed E-state index contributed by atoms with van der Waals surface area (Å²) < 4.78 is 1.53. The van der Waals surface area contributed by atoms with E-state index >= 15 is 0 Å². The highest BCUT2D eigenvalue weighted by Gasteiger charge is 2.12. The van der Waals surface area contributed by atoms with Gasteiger partial charge < -0.3 is 5.32 Å². The molecule has 6 nitrogen and oxygen atoms in total. The lowest BCUT2D eigenvalue weighted by Crippen LogP contribution is -2.12. The highest BCUT2D eigenvalue weighted by Crippen LogP contribution is 2.26. The summed E-state index contributed by atoms with van der Waals surface area (Å²) in [6, 6.07) is 11.9. The van der Waals surface area contributed by atoms with Crippen molar-refractivity contribution in [2.75, 3.05) is 5.32 Å². The average molecular weight is 348 g/mol. The Kier molecular flexibility index (Phi) is 4.27. The van der Waals surface area contributed by atoms with Crippen molar-refractivity contribution in [2.24, 2.45) is 7.05 Å². The molecular formula is C15H11Cl2N5O. The van der Waals surface area contributed by atoms with Gasteiger partial charge in [0.25, 0.3) is 5.91 Å². The molecular weight excluding hydrogens is 337 g/mol. The molecule has 0 spiro atoms. The summed E-state index contributed by atoms with van der Waals surface area (Å²) in [4.78, 5) is 12.4. The van der Waals surface area contributed by atoms with E-state index in [1.54, 1.807) is 43.4 Å². The van der Waals surface area contributed by atoms with E-state index in [1.165, 1.54) is 4.68 Å². The number of amides is 1. The number of tetrazole rings is 1. The third kappa shape index (κ3) is 3.33. The summed E-state index contributed by atoms with van der Waals surface area (Å²) >= 11 is 11.9. The molecule has 3 aromatic rings. The molecule has 1 aromatic heterocycles. The Hall–Kier alpha value is -2.44. The first-order valence-electron chi connectivity index (χ1n) is 6.64. The van der Waals surface area contributed by atoms with Gasteiger partial charge in [0.15, 0.2) is 5.82 Å². The van der Waals surface area contributed by atoms with Crippen LogP contribution in [0, 0.1) is 0 Å². The maximum Gasteiger partial charge on any atom is 0.255 e. The lowest BCUT2D eigenvalue weighted by molar-refractivity contribution is 0.102. The molecule has 116 valence electrons. The maximum atomic E-state index is 12.4. The third-order valence-electron chi connectivity index (χ3n) is 3.18. The van der Waals surface area contributed by atoms with Crippen LogP contribution in [0.5, 0.6) is 0 Å². The predicted octanol–water partition coefficient (Wildman–Crippen LogP) is 3.44. The van der Waals surface area contributed by atoms with Crippen molar-refractivity contribution in [2.45, 2.75) is 0 Å². The summed E-state index contributed by atoms with van der Waals surface area (Å²) in [5.74, 6) is 0.287. The topological polar surface area (TPSA) is 72.7 Å². The van der Waals surface area contributed by atoms with Crippen LogP contribution in [0.3, 0.4) is 0 Å². The SMILES string of the molecule is Cn1nnnc1-c1cccc(C(=O)Nc2ccc(Cl)cc2Cl)c1. The van der Waals surface area contributed by atoms with Crippen molar-refractivity contribution in [1.82, 2.24) is 20.2 Å². The second-order valence-corrected chi connectivity index (χ2v) is 5.63. The minimum absolute atomic E-state index is 0.286. The fourth-order valence-corrected chi connectivity index (χ4v) is 2.51. The molecule has 0 saturated carbocycles. The van der Waals surface area contributed by atoms with Crippen molar-refractivity contribution in [3.63, 3.8) is 0 Å². The van der Waals surface area contributed by atoms with E-state index in [0.717, 1.165) is 5.56 Å². The van der Waals surface area contributed by atoms with Crippen LogP contribution in [0.15, 0.2) is 42.5 Å². The van der Waals surface area contributed by atoms with E-state index in [4.69, 9.17) is 23.2 Å². The van der Waals surface area contributed by atoms with Crippen molar-refractivity contribution < 1.29 is 4.79 Å². The Bertz CT molecular complexity index is 878. The third-order valence-corrected chi connectivity index (χ3v) is 3.73. The standard InChI is InChI=1S/C15H11Cl2N5O/c1-22-14(19-20-21-22)9-3-2-4-10(7-9)15(23)18-13-6-5-11(16)8-12(13)17/h2-8H,1H3,(H,18,23). The number of anilines is 1. The first-order valence-corrected chi connectivity index (χ1v) is 7.39. The van der Waals surface area contributed by atoms with Gasteiger partial charge in [-0.05, 0) is 40.8 Å². The molecule has 0 unspecified atom stereocenters. The van der Waals surface area contributed by atoms with E-state index in [0.29, 0.717) is 27.1 Å². The first kappa shape index (κ1) is 15.5. The van der Waals surface area contributed by atoms with Crippen molar-refractivity contribution >= 4 is 34.8 Å². The minimum Gasteiger partial charge on any atom is -0.321 e. The number of nitrogens with zero attached hydrogens (tertiary/aromatic N) is 4. The van der Waals surface area contributed by atoms with Gasteiger partial charge in [0, 0.05) is 23.2 Å². The molecule has 3 rings (SSSR count). The Morgan fingerprint density at radius 2 is 2.00 bits per heavy atom. The van der Waals surface area contributed by atoms with Crippen LogP contribution in [0.4, 0.5) is 5.69 Å². The first-order chi connectivity index (χ1) is 11.0. The van der Waals surface area contributed by atoms with Gasteiger partial charge in [-0.25, -0.2) is 4.68 Å². The van der Waals surface area contributed by atoms with E-state index in [9.17, 15) is 4.79 Å². The Balaban J connectivity index is 1.87. The van der Waals surface area contributed by atoms with Crippen molar-refractivity contribution in [3.8, 4) is 11.4 Å². The fourth-order valence-electron chi connectivity index (χ4n) is 2.06. The molecule has 0 atom stereocenters. The maximum absolute atomic E-state index is 12.4. The normalized spacial score (nSPS) is 10.6. The fraction of sp³-hybridized carbons (Fsp3) is 0.0667. The molecule has 0 aliphatic rings. The highest BCUT2D eigenvalue weighted by molar-refractivity contribution is 6.36. The molecule has 8 heteroatoms. The average Bonchev–Trinajstić information content (AvgIpc) is 2.96. The van der Waals surface area contributed by atoms with E-state index in [1.807, 2.05) is 6.07 Å². The van der Waals surface area contributed by atoms with Gasteiger partial charge in [-0.15, -0.1) is 5.10 Å². The number of carbonyl (C=O) groups is 1. The van der Waals surface area contributed by atoms with E-state index < -0.39 is 0 Å². The van der Waals surface area contributed by atoms with Gasteiger partial charge >= 0.3 is 0 Å². The molecule has 2 aromatic carbocycles. The molecule has 0 aliphatic carbocycles. The molecule has 1 heterocycles. The Morgan fingerprint density at radius 1 is 1.17 bits per heavy atom. The molecule has 0 saturated heterocycles. The number of rotatable bonds is 3. The lowest BCUT2D eigenvalue weighted by atomic mass is 10.1. The van der Waals surface area contributed by atoms with Crippen molar-refractivity contribution in [3.05, 3.63) is 58.1 Å². The number of halogens is 2. The van der Waals surface area contributed by atoms with Gasteiger partial charge in [0.05, 0.1) is 10.7 Å². The number of aryl methyl sites for hydroxylation is 1. The minimum atomic E-state index is -0.286. The second kappa shape index (κ2) is 6.36. The molecule has 23 heavy (non-hydrogen) atoms. The summed E-state index contributed by atoms with van der Waals surface area (Å²) in [7, 11) is 1.73. The zero-order chi connectivity index (χ0) is 16.4. The van der Waals surface area contributed by atoms with Crippen LogP contribution in [-0.2, 0) is 7.05 Å². The monoisotopic (exact) mass is 347 g/mol. The van der Waals surface area contributed by atoms with Crippen LogP contribution < -0.4 is 5.32 Å².